The quantitative estimate of drug-likeness (QED) is 0.605. The van der Waals surface area contributed by atoms with E-state index in [4.69, 9.17) is 0 Å². The molecule has 3 N–H and O–H groups in total. The summed E-state index contributed by atoms with van der Waals surface area (Å²) in [7, 11) is 0. The third kappa shape index (κ3) is 5.02. The number of carbonyl (C=O) groups is 2. The summed E-state index contributed by atoms with van der Waals surface area (Å²) in [6.07, 6.45) is 6.36. The van der Waals surface area contributed by atoms with Crippen LogP contribution in [-0.2, 0) is 11.3 Å². The van der Waals surface area contributed by atoms with E-state index in [1.54, 1.807) is 24.5 Å². The Balaban J connectivity index is 1.42. The van der Waals surface area contributed by atoms with Gasteiger partial charge < -0.3 is 15.7 Å². The number of hydrogen-bond donors (Lipinski definition) is 3. The molecule has 0 spiro atoms. The molecule has 34 heavy (non-hydrogen) atoms. The molecular formula is C28H37N3O3. The summed E-state index contributed by atoms with van der Waals surface area (Å²) in [4.78, 5) is 29.7. The Bertz CT molecular complexity index is 983. The van der Waals surface area contributed by atoms with Crippen molar-refractivity contribution >= 4 is 11.8 Å². The number of aromatic nitrogens is 1. The molecule has 6 nitrogen and oxygen atoms in total. The number of fused-ring (bicyclic) bond motifs is 1. The first-order chi connectivity index (χ1) is 16.3. The van der Waals surface area contributed by atoms with Crippen molar-refractivity contribution in [3.8, 4) is 0 Å². The van der Waals surface area contributed by atoms with Crippen molar-refractivity contribution < 1.29 is 14.7 Å². The third-order valence-electron chi connectivity index (χ3n) is 8.51. The minimum atomic E-state index is -0.577. The van der Waals surface area contributed by atoms with Gasteiger partial charge in [-0.2, -0.15) is 0 Å². The molecule has 0 radical (unpaired) electrons. The van der Waals surface area contributed by atoms with Gasteiger partial charge in [0.05, 0.1) is 6.10 Å². The van der Waals surface area contributed by atoms with E-state index in [1.807, 2.05) is 37.3 Å². The number of carbonyl (C=O) groups excluding carboxylic acids is 2. The Morgan fingerprint density at radius 2 is 1.79 bits per heavy atom. The van der Waals surface area contributed by atoms with Crippen molar-refractivity contribution in [1.82, 2.24) is 15.6 Å². The maximum absolute atomic E-state index is 13.0. The molecule has 1 aromatic heterocycles. The van der Waals surface area contributed by atoms with E-state index in [1.165, 1.54) is 0 Å². The monoisotopic (exact) mass is 463 g/mol. The molecule has 2 aromatic rings. The number of rotatable bonds is 6. The van der Waals surface area contributed by atoms with Crippen LogP contribution < -0.4 is 10.6 Å². The van der Waals surface area contributed by atoms with Gasteiger partial charge in [0.25, 0.3) is 5.91 Å². The average molecular weight is 464 g/mol. The van der Waals surface area contributed by atoms with Gasteiger partial charge in [0, 0.05) is 36.5 Å². The lowest BCUT2D eigenvalue weighted by molar-refractivity contribution is -0.142. The molecular weight excluding hydrogens is 426 g/mol. The smallest absolute Gasteiger partial charge is 0.251 e. The predicted octanol–water partition coefficient (Wildman–Crippen LogP) is 3.96. The Morgan fingerprint density at radius 1 is 1.12 bits per heavy atom. The van der Waals surface area contributed by atoms with Crippen molar-refractivity contribution in [2.45, 2.75) is 65.1 Å². The van der Waals surface area contributed by atoms with Crippen LogP contribution in [0.1, 0.15) is 62.4 Å². The predicted molar refractivity (Wildman–Crippen MR) is 132 cm³/mol. The zero-order valence-electron chi connectivity index (χ0n) is 20.4. The van der Waals surface area contributed by atoms with E-state index in [0.717, 1.165) is 31.2 Å². The summed E-state index contributed by atoms with van der Waals surface area (Å²) in [5, 5.41) is 17.8. The lowest BCUT2D eigenvalue weighted by atomic mass is 9.51. The maximum atomic E-state index is 13.0. The fraction of sp³-hybridized carbons (Fsp3) is 0.536. The normalized spacial score (nSPS) is 31.7. The second kappa shape index (κ2) is 10.3. The number of hydrogen-bond acceptors (Lipinski definition) is 4. The van der Waals surface area contributed by atoms with E-state index in [-0.39, 0.29) is 46.9 Å². The van der Waals surface area contributed by atoms with Crippen molar-refractivity contribution in [1.29, 1.82) is 0 Å². The highest BCUT2D eigenvalue weighted by atomic mass is 16.3. The summed E-state index contributed by atoms with van der Waals surface area (Å²) < 4.78 is 0. The Morgan fingerprint density at radius 3 is 2.50 bits per heavy atom. The maximum Gasteiger partial charge on any atom is 0.251 e. The molecule has 2 aliphatic carbocycles. The number of pyridine rings is 1. The summed E-state index contributed by atoms with van der Waals surface area (Å²) in [5.74, 6) is -0.330. The second-order valence-corrected chi connectivity index (χ2v) is 10.6. The molecule has 6 heteroatoms. The number of nitrogens with one attached hydrogen (secondary N) is 2. The molecule has 0 aliphatic heterocycles. The zero-order chi connectivity index (χ0) is 24.3. The van der Waals surface area contributed by atoms with Gasteiger partial charge in [-0.25, -0.2) is 0 Å². The molecule has 182 valence electrons. The van der Waals surface area contributed by atoms with Crippen molar-refractivity contribution in [3.05, 3.63) is 66.0 Å². The minimum absolute atomic E-state index is 0.00523. The van der Waals surface area contributed by atoms with Gasteiger partial charge >= 0.3 is 0 Å². The Kier molecular flexibility index (Phi) is 7.36. The molecule has 2 saturated carbocycles. The lowest BCUT2D eigenvalue weighted by Gasteiger charge is -2.56. The Hall–Kier alpha value is -2.73. The van der Waals surface area contributed by atoms with Gasteiger partial charge in [0.2, 0.25) is 5.91 Å². The first kappa shape index (κ1) is 24.4. The van der Waals surface area contributed by atoms with E-state index in [0.29, 0.717) is 12.1 Å². The zero-order valence-corrected chi connectivity index (χ0v) is 20.4. The molecule has 7 atom stereocenters. The topological polar surface area (TPSA) is 91.3 Å². The van der Waals surface area contributed by atoms with Gasteiger partial charge in [-0.05, 0) is 66.5 Å². The lowest BCUT2D eigenvalue weighted by Crippen LogP contribution is -2.58. The van der Waals surface area contributed by atoms with Crippen molar-refractivity contribution in [3.63, 3.8) is 0 Å². The number of amides is 2. The average Bonchev–Trinajstić information content (AvgIpc) is 2.85. The SMILES string of the molecule is C[C@@H]1[C@@H]2[C@@H](O)[C@H]([C@H](C)C(=O)NCc3ccccc3)CC[C@]2(C)CC[C@@H]1NC(=O)c1ccncc1. The van der Waals surface area contributed by atoms with Crippen LogP contribution in [0.4, 0.5) is 0 Å². The highest BCUT2D eigenvalue weighted by Crippen LogP contribution is 2.55. The van der Waals surface area contributed by atoms with Crippen LogP contribution >= 0.6 is 0 Å². The fourth-order valence-electron chi connectivity index (χ4n) is 6.39. The van der Waals surface area contributed by atoms with Crippen LogP contribution in [0.5, 0.6) is 0 Å². The molecule has 0 unspecified atom stereocenters. The summed E-state index contributed by atoms with van der Waals surface area (Å²) in [5.41, 5.74) is 1.68. The molecule has 4 rings (SSSR count). The molecule has 2 aliphatic rings. The van der Waals surface area contributed by atoms with Gasteiger partial charge in [-0.15, -0.1) is 0 Å². The van der Waals surface area contributed by atoms with Gasteiger partial charge in [-0.1, -0.05) is 51.1 Å². The van der Waals surface area contributed by atoms with E-state index in [2.05, 4.69) is 29.5 Å². The molecule has 2 amide bonds. The summed E-state index contributed by atoms with van der Waals surface area (Å²) in [6, 6.07) is 13.3. The van der Waals surface area contributed by atoms with Crippen molar-refractivity contribution in [2.75, 3.05) is 0 Å². The van der Waals surface area contributed by atoms with E-state index >= 15 is 0 Å². The second-order valence-electron chi connectivity index (χ2n) is 10.6. The van der Waals surface area contributed by atoms with Gasteiger partial charge in [0.15, 0.2) is 0 Å². The standard InChI is InChI=1S/C28H37N3O3/c1-18(26(33)30-17-20-7-5-4-6-8-20)22-9-13-28(3)14-10-23(19(2)24(28)25(22)32)31-27(34)21-11-15-29-16-12-21/h4-8,11-12,15-16,18-19,22-25,32H,9-10,13-14,17H2,1-3H3,(H,30,33)(H,31,34)/t18-,19-,22-,23-,24+,25-,28+/m0/s1. The van der Waals surface area contributed by atoms with Crippen LogP contribution in [0, 0.1) is 29.1 Å². The van der Waals surface area contributed by atoms with Crippen LogP contribution in [0.25, 0.3) is 0 Å². The van der Waals surface area contributed by atoms with Crippen LogP contribution in [0.3, 0.4) is 0 Å². The van der Waals surface area contributed by atoms with Crippen LogP contribution in [0.15, 0.2) is 54.9 Å². The highest BCUT2D eigenvalue weighted by Gasteiger charge is 2.53. The minimum Gasteiger partial charge on any atom is -0.392 e. The van der Waals surface area contributed by atoms with E-state index < -0.39 is 6.10 Å². The van der Waals surface area contributed by atoms with Gasteiger partial charge in [0.1, 0.15) is 0 Å². The summed E-state index contributed by atoms with van der Waals surface area (Å²) in [6.45, 7) is 6.85. The van der Waals surface area contributed by atoms with Crippen LogP contribution in [-0.4, -0.2) is 34.1 Å². The third-order valence-corrected chi connectivity index (χ3v) is 8.51. The fourth-order valence-corrected chi connectivity index (χ4v) is 6.39. The number of aliphatic hydroxyl groups is 1. The summed E-state index contributed by atoms with van der Waals surface area (Å²) >= 11 is 0. The largest absolute Gasteiger partial charge is 0.392 e. The van der Waals surface area contributed by atoms with Crippen LogP contribution in [0.2, 0.25) is 0 Å². The molecule has 1 aromatic carbocycles. The molecule has 2 fully saturated rings. The molecule has 0 bridgehead atoms. The van der Waals surface area contributed by atoms with Gasteiger partial charge in [-0.3, -0.25) is 14.6 Å². The van der Waals surface area contributed by atoms with Crippen molar-refractivity contribution in [2.24, 2.45) is 29.1 Å². The molecule has 0 saturated heterocycles. The number of aliphatic hydroxyl groups excluding tert-OH is 1. The first-order valence-corrected chi connectivity index (χ1v) is 12.5. The number of nitrogens with zero attached hydrogens (tertiary/aromatic N) is 1. The van der Waals surface area contributed by atoms with E-state index in [9.17, 15) is 14.7 Å². The number of benzene rings is 1. The highest BCUT2D eigenvalue weighted by molar-refractivity contribution is 5.94. The Labute approximate surface area is 202 Å². The molecule has 1 heterocycles. The first-order valence-electron chi connectivity index (χ1n) is 12.5.